The van der Waals surface area contributed by atoms with E-state index in [4.69, 9.17) is 0 Å². The Hall–Kier alpha value is -0.520. The van der Waals surface area contributed by atoms with Crippen molar-refractivity contribution in [3.8, 4) is 0 Å². The lowest BCUT2D eigenvalue weighted by atomic mass is 10.3. The Bertz CT molecular complexity index is 353. The molecular formula is C11H16N2OS2. The van der Waals surface area contributed by atoms with Crippen LogP contribution in [-0.2, 0) is 4.79 Å². The van der Waals surface area contributed by atoms with Crippen LogP contribution in [0.1, 0.15) is 17.2 Å². The molecule has 0 aromatic carbocycles. The van der Waals surface area contributed by atoms with E-state index < -0.39 is 0 Å². The van der Waals surface area contributed by atoms with Gasteiger partial charge in [0.1, 0.15) is 5.37 Å². The van der Waals surface area contributed by atoms with Gasteiger partial charge in [0.15, 0.2) is 0 Å². The number of nitrogens with one attached hydrogen (secondary N) is 1. The van der Waals surface area contributed by atoms with Crippen LogP contribution in [0, 0.1) is 0 Å². The van der Waals surface area contributed by atoms with Crippen LogP contribution in [0.4, 0.5) is 0 Å². The lowest BCUT2D eigenvalue weighted by molar-refractivity contribution is -0.129. The van der Waals surface area contributed by atoms with E-state index in [2.05, 4.69) is 16.8 Å². The number of thiophene rings is 1. The van der Waals surface area contributed by atoms with Gasteiger partial charge in [0.25, 0.3) is 0 Å². The molecule has 1 fully saturated rings. The molecule has 1 amide bonds. The molecule has 0 radical (unpaired) electrons. The second-order valence-corrected chi connectivity index (χ2v) is 6.19. The number of likely N-dealkylation sites (N-methyl/N-ethyl adjacent to an activating group) is 1. The third kappa shape index (κ3) is 2.26. The molecule has 5 heteroatoms. The van der Waals surface area contributed by atoms with Crippen LogP contribution in [0.25, 0.3) is 0 Å². The van der Waals surface area contributed by atoms with Crippen LogP contribution in [0.2, 0.25) is 0 Å². The summed E-state index contributed by atoms with van der Waals surface area (Å²) in [6.07, 6.45) is 0. The predicted octanol–water partition coefficient (Wildman–Crippen LogP) is 1.93. The Labute approximate surface area is 104 Å². The first-order chi connectivity index (χ1) is 7.74. The van der Waals surface area contributed by atoms with Crippen LogP contribution in [0.5, 0.6) is 0 Å². The maximum Gasteiger partial charge on any atom is 0.236 e. The van der Waals surface area contributed by atoms with E-state index in [-0.39, 0.29) is 16.5 Å². The van der Waals surface area contributed by atoms with Crippen LogP contribution < -0.4 is 5.32 Å². The summed E-state index contributed by atoms with van der Waals surface area (Å²) in [5, 5.41) is 5.47. The highest BCUT2D eigenvalue weighted by atomic mass is 32.2. The third-order valence-corrected chi connectivity index (χ3v) is 5.09. The van der Waals surface area contributed by atoms with Crippen molar-refractivity contribution < 1.29 is 4.79 Å². The van der Waals surface area contributed by atoms with E-state index in [0.717, 1.165) is 13.1 Å². The number of carbonyl (C=O) groups is 1. The fraction of sp³-hybridized carbons (Fsp3) is 0.545. The van der Waals surface area contributed by atoms with E-state index in [0.29, 0.717) is 0 Å². The largest absolute Gasteiger partial charge is 0.323 e. The molecule has 0 bridgehead atoms. The molecule has 0 spiro atoms. The minimum atomic E-state index is 0.0870. The molecule has 3 nitrogen and oxygen atoms in total. The maximum atomic E-state index is 12.0. The monoisotopic (exact) mass is 256 g/mol. The number of rotatable bonds is 4. The number of hydrogen-bond acceptors (Lipinski definition) is 4. The summed E-state index contributed by atoms with van der Waals surface area (Å²) in [4.78, 5) is 15.3. The average molecular weight is 256 g/mol. The molecule has 2 heterocycles. The fourth-order valence-electron chi connectivity index (χ4n) is 1.79. The van der Waals surface area contributed by atoms with E-state index in [1.54, 1.807) is 23.1 Å². The van der Waals surface area contributed by atoms with Crippen LogP contribution in [0.15, 0.2) is 17.5 Å². The first kappa shape index (κ1) is 12.0. The Morgan fingerprint density at radius 1 is 1.56 bits per heavy atom. The minimum absolute atomic E-state index is 0.0870. The predicted molar refractivity (Wildman–Crippen MR) is 69.8 cm³/mol. The van der Waals surface area contributed by atoms with Crippen molar-refractivity contribution in [3.63, 3.8) is 0 Å². The van der Waals surface area contributed by atoms with Gasteiger partial charge in [-0.05, 0) is 25.4 Å². The van der Waals surface area contributed by atoms with Gasteiger partial charge in [-0.15, -0.1) is 23.1 Å². The third-order valence-electron chi connectivity index (χ3n) is 2.64. The highest BCUT2D eigenvalue weighted by Crippen LogP contribution is 2.43. The number of amides is 1. The molecule has 88 valence electrons. The lowest BCUT2D eigenvalue weighted by Crippen LogP contribution is -2.35. The summed E-state index contributed by atoms with van der Waals surface area (Å²) < 4.78 is 0. The van der Waals surface area contributed by atoms with E-state index >= 15 is 0 Å². The quantitative estimate of drug-likeness (QED) is 0.893. The molecule has 16 heavy (non-hydrogen) atoms. The summed E-state index contributed by atoms with van der Waals surface area (Å²) in [6.45, 7) is 3.63. The van der Waals surface area contributed by atoms with E-state index in [1.807, 2.05) is 24.9 Å². The van der Waals surface area contributed by atoms with Crippen LogP contribution in [-0.4, -0.2) is 36.2 Å². The second-order valence-electron chi connectivity index (χ2n) is 3.78. The van der Waals surface area contributed by atoms with Crippen LogP contribution in [0.3, 0.4) is 0 Å². The van der Waals surface area contributed by atoms with Crippen molar-refractivity contribution in [1.29, 1.82) is 0 Å². The van der Waals surface area contributed by atoms with Gasteiger partial charge < -0.3 is 10.2 Å². The summed E-state index contributed by atoms with van der Waals surface area (Å²) in [6, 6.07) is 4.16. The van der Waals surface area contributed by atoms with Gasteiger partial charge in [-0.25, -0.2) is 0 Å². The molecule has 0 saturated carbocycles. The number of hydrogen-bond donors (Lipinski definition) is 1. The van der Waals surface area contributed by atoms with Gasteiger partial charge in [0, 0.05) is 18.0 Å². The van der Waals surface area contributed by atoms with Crippen molar-refractivity contribution >= 4 is 29.0 Å². The highest BCUT2D eigenvalue weighted by molar-refractivity contribution is 8.01. The second kappa shape index (κ2) is 5.21. The van der Waals surface area contributed by atoms with Gasteiger partial charge in [-0.1, -0.05) is 6.07 Å². The van der Waals surface area contributed by atoms with Gasteiger partial charge in [0.2, 0.25) is 5.91 Å². The Morgan fingerprint density at radius 2 is 2.38 bits per heavy atom. The van der Waals surface area contributed by atoms with E-state index in [1.165, 1.54) is 4.88 Å². The topological polar surface area (TPSA) is 32.3 Å². The standard InChI is InChI=1S/C11H16N2OS2/c1-8-10(14)13(6-5-12-2)11(16-8)9-4-3-7-15-9/h3-4,7-8,11-12H,5-6H2,1-2H3/t8-,11+/m1/s1. The zero-order valence-corrected chi connectivity index (χ0v) is 11.1. The molecule has 1 saturated heterocycles. The molecular weight excluding hydrogens is 240 g/mol. The molecule has 1 aromatic heterocycles. The molecule has 2 atom stereocenters. The number of nitrogens with zero attached hydrogens (tertiary/aromatic N) is 1. The van der Waals surface area contributed by atoms with Crippen molar-refractivity contribution in [2.75, 3.05) is 20.1 Å². The first-order valence-electron chi connectivity index (χ1n) is 5.38. The summed E-state index contributed by atoms with van der Waals surface area (Å²) in [5.41, 5.74) is 0. The summed E-state index contributed by atoms with van der Waals surface area (Å²) in [5.74, 6) is 0.263. The molecule has 1 aliphatic rings. The number of carbonyl (C=O) groups excluding carboxylic acids is 1. The number of thioether (sulfide) groups is 1. The van der Waals surface area contributed by atoms with Gasteiger partial charge >= 0.3 is 0 Å². The fourth-order valence-corrected chi connectivity index (χ4v) is 4.04. The average Bonchev–Trinajstić information content (AvgIpc) is 2.87. The van der Waals surface area contributed by atoms with Gasteiger partial charge in [-0.2, -0.15) is 0 Å². The Balaban J connectivity index is 2.13. The minimum Gasteiger partial charge on any atom is -0.323 e. The van der Waals surface area contributed by atoms with Crippen molar-refractivity contribution in [2.45, 2.75) is 17.5 Å². The van der Waals surface area contributed by atoms with Crippen LogP contribution >= 0.6 is 23.1 Å². The zero-order valence-electron chi connectivity index (χ0n) is 9.47. The molecule has 1 aliphatic heterocycles. The van der Waals surface area contributed by atoms with Crippen molar-refractivity contribution in [3.05, 3.63) is 22.4 Å². The molecule has 0 aliphatic carbocycles. The Kier molecular flexibility index (Phi) is 3.89. The molecule has 0 unspecified atom stereocenters. The summed E-state index contributed by atoms with van der Waals surface area (Å²) >= 11 is 3.48. The smallest absolute Gasteiger partial charge is 0.236 e. The SMILES string of the molecule is CNCCN1C(=O)[C@@H](C)S[C@H]1c1cccs1. The van der Waals surface area contributed by atoms with Gasteiger partial charge in [0.05, 0.1) is 5.25 Å². The van der Waals surface area contributed by atoms with Gasteiger partial charge in [-0.3, -0.25) is 4.79 Å². The molecule has 1 N–H and O–H groups in total. The molecule has 2 rings (SSSR count). The highest BCUT2D eigenvalue weighted by Gasteiger charge is 2.38. The zero-order chi connectivity index (χ0) is 11.5. The van der Waals surface area contributed by atoms with E-state index in [9.17, 15) is 4.79 Å². The van der Waals surface area contributed by atoms with Crippen molar-refractivity contribution in [2.24, 2.45) is 0 Å². The molecule has 1 aromatic rings. The van der Waals surface area contributed by atoms with Crippen molar-refractivity contribution in [1.82, 2.24) is 10.2 Å². The lowest BCUT2D eigenvalue weighted by Gasteiger charge is -2.22. The Morgan fingerprint density at radius 3 is 3.00 bits per heavy atom. The first-order valence-corrected chi connectivity index (χ1v) is 7.20. The maximum absolute atomic E-state index is 12.0. The normalized spacial score (nSPS) is 25.4. The summed E-state index contributed by atoms with van der Waals surface area (Å²) in [7, 11) is 1.91.